The van der Waals surface area contributed by atoms with E-state index in [1.165, 1.54) is 12.0 Å². The average molecular weight is 349 g/mol. The van der Waals surface area contributed by atoms with Crippen LogP contribution in [-0.4, -0.2) is 70.1 Å². The highest BCUT2D eigenvalue weighted by atomic mass is 16.5. The molecule has 0 aromatic heterocycles. The summed E-state index contributed by atoms with van der Waals surface area (Å²) in [5, 5.41) is 2.51. The number of esters is 1. The molecular weight excluding hydrogens is 326 g/mol. The second-order valence-electron chi connectivity index (χ2n) is 6.01. The zero-order valence-electron chi connectivity index (χ0n) is 14.9. The molecule has 1 atom stereocenters. The van der Waals surface area contributed by atoms with E-state index >= 15 is 0 Å². The molecule has 25 heavy (non-hydrogen) atoms. The first kappa shape index (κ1) is 18.6. The van der Waals surface area contributed by atoms with Crippen LogP contribution in [0.15, 0.2) is 18.2 Å². The van der Waals surface area contributed by atoms with E-state index < -0.39 is 5.97 Å². The first-order valence-electron chi connectivity index (χ1n) is 7.88. The summed E-state index contributed by atoms with van der Waals surface area (Å²) in [4.78, 5) is 38.6. The summed E-state index contributed by atoms with van der Waals surface area (Å²) in [5.41, 5.74) is 1.31. The van der Waals surface area contributed by atoms with Gasteiger partial charge in [0, 0.05) is 26.7 Å². The van der Waals surface area contributed by atoms with E-state index in [1.54, 1.807) is 32.3 Å². The summed E-state index contributed by atoms with van der Waals surface area (Å²) in [5.74, 6) is -0.202. The molecule has 1 aromatic carbocycles. The van der Waals surface area contributed by atoms with Gasteiger partial charge in [-0.05, 0) is 18.2 Å². The van der Waals surface area contributed by atoms with Crippen LogP contribution in [0.1, 0.15) is 16.8 Å². The summed E-state index contributed by atoms with van der Waals surface area (Å²) >= 11 is 0. The molecule has 8 nitrogen and oxygen atoms in total. The third-order valence-corrected chi connectivity index (χ3v) is 4.05. The quantitative estimate of drug-likeness (QED) is 0.768. The minimum absolute atomic E-state index is 0.103. The number of hydrogen-bond acceptors (Lipinski definition) is 6. The molecule has 0 saturated heterocycles. The number of nitrogens with one attached hydrogen (secondary N) is 1. The van der Waals surface area contributed by atoms with E-state index in [9.17, 15) is 14.4 Å². The van der Waals surface area contributed by atoms with Crippen LogP contribution in [0, 0.1) is 0 Å². The molecule has 1 aliphatic heterocycles. The molecule has 1 heterocycles. The van der Waals surface area contributed by atoms with Crippen LogP contribution in [0.5, 0.6) is 5.75 Å². The number of methoxy groups -OCH3 is 1. The van der Waals surface area contributed by atoms with Crippen LogP contribution in [0.4, 0.5) is 5.69 Å². The van der Waals surface area contributed by atoms with Gasteiger partial charge in [0.2, 0.25) is 5.91 Å². The van der Waals surface area contributed by atoms with Crippen molar-refractivity contribution >= 4 is 23.5 Å². The lowest BCUT2D eigenvalue weighted by molar-refractivity contribution is -0.141. The Balaban J connectivity index is 2.07. The molecule has 0 saturated carbocycles. The molecule has 0 aliphatic carbocycles. The summed E-state index contributed by atoms with van der Waals surface area (Å²) in [6, 6.07) is 5.04. The number of nitrogens with zero attached hydrogens (tertiary/aromatic N) is 2. The number of fused-ring (bicyclic) bond motifs is 1. The van der Waals surface area contributed by atoms with Gasteiger partial charge < -0.3 is 24.6 Å². The second kappa shape index (κ2) is 7.87. The highest BCUT2D eigenvalue weighted by molar-refractivity contribution is 5.95. The van der Waals surface area contributed by atoms with E-state index in [2.05, 4.69) is 10.1 Å². The van der Waals surface area contributed by atoms with Crippen molar-refractivity contribution in [2.75, 3.05) is 46.3 Å². The van der Waals surface area contributed by atoms with Crippen LogP contribution >= 0.6 is 0 Å². The van der Waals surface area contributed by atoms with Crippen molar-refractivity contribution in [3.05, 3.63) is 23.8 Å². The van der Waals surface area contributed by atoms with Gasteiger partial charge in [-0.1, -0.05) is 0 Å². The standard InChI is InChI=1S/C17H23N3O5/c1-19(2)17(23)11-5-6-14-13(7-11)20(3)12(10-25-14)8-15(21)18-9-16(22)24-4/h5-7,12H,8-10H2,1-4H3,(H,18,21)/t12-/m0/s1. The molecular formula is C17H23N3O5. The SMILES string of the molecule is COC(=O)CNC(=O)C[C@H]1COc2ccc(C(=O)N(C)C)cc2N1C. The molecule has 0 unspecified atom stereocenters. The van der Waals surface area contributed by atoms with Gasteiger partial charge >= 0.3 is 5.97 Å². The van der Waals surface area contributed by atoms with Crippen LogP contribution in [0.2, 0.25) is 0 Å². The van der Waals surface area contributed by atoms with Crippen molar-refractivity contribution in [2.24, 2.45) is 0 Å². The Bertz CT molecular complexity index is 674. The molecule has 0 fully saturated rings. The predicted molar refractivity (Wildman–Crippen MR) is 91.8 cm³/mol. The Morgan fingerprint density at radius 2 is 2.08 bits per heavy atom. The normalized spacial score (nSPS) is 15.7. The molecule has 1 N–H and O–H groups in total. The van der Waals surface area contributed by atoms with Gasteiger partial charge in [-0.25, -0.2) is 0 Å². The average Bonchev–Trinajstić information content (AvgIpc) is 2.61. The maximum absolute atomic E-state index is 12.1. The Morgan fingerprint density at radius 1 is 1.36 bits per heavy atom. The van der Waals surface area contributed by atoms with Gasteiger partial charge in [0.05, 0.1) is 25.3 Å². The van der Waals surface area contributed by atoms with Gasteiger partial charge in [-0.2, -0.15) is 0 Å². The maximum atomic E-state index is 12.1. The monoisotopic (exact) mass is 349 g/mol. The number of hydrogen-bond donors (Lipinski definition) is 1. The first-order chi connectivity index (χ1) is 11.8. The van der Waals surface area contributed by atoms with Crippen molar-refractivity contribution in [3.63, 3.8) is 0 Å². The number of rotatable bonds is 5. The van der Waals surface area contributed by atoms with Crippen molar-refractivity contribution in [3.8, 4) is 5.75 Å². The fourth-order valence-electron chi connectivity index (χ4n) is 2.53. The fraction of sp³-hybridized carbons (Fsp3) is 0.471. The van der Waals surface area contributed by atoms with Crippen molar-refractivity contribution in [1.82, 2.24) is 10.2 Å². The van der Waals surface area contributed by atoms with Gasteiger partial charge in [0.1, 0.15) is 18.9 Å². The van der Waals surface area contributed by atoms with Crippen molar-refractivity contribution in [2.45, 2.75) is 12.5 Å². The topological polar surface area (TPSA) is 88.2 Å². The number of likely N-dealkylation sites (N-methyl/N-ethyl adjacent to an activating group) is 1. The Kier molecular flexibility index (Phi) is 5.84. The Labute approximate surface area is 146 Å². The predicted octanol–water partition coefficient (Wildman–Crippen LogP) is 0.265. The van der Waals surface area contributed by atoms with Crippen LogP contribution in [-0.2, 0) is 14.3 Å². The highest BCUT2D eigenvalue weighted by Crippen LogP contribution is 2.34. The summed E-state index contributed by atoms with van der Waals surface area (Å²) in [7, 11) is 6.50. The number of ether oxygens (including phenoxy) is 2. The molecule has 8 heteroatoms. The van der Waals surface area contributed by atoms with Gasteiger partial charge in [-0.15, -0.1) is 0 Å². The lowest BCUT2D eigenvalue weighted by Crippen LogP contribution is -2.44. The largest absolute Gasteiger partial charge is 0.489 e. The molecule has 1 aromatic rings. The van der Waals surface area contributed by atoms with Gasteiger partial charge in [0.25, 0.3) is 5.91 Å². The van der Waals surface area contributed by atoms with Crippen molar-refractivity contribution in [1.29, 1.82) is 0 Å². The Hall–Kier alpha value is -2.77. The number of carbonyl (C=O) groups is 3. The zero-order valence-corrected chi connectivity index (χ0v) is 14.9. The fourth-order valence-corrected chi connectivity index (χ4v) is 2.53. The molecule has 2 rings (SSSR count). The van der Waals surface area contributed by atoms with E-state index in [4.69, 9.17) is 4.74 Å². The minimum atomic E-state index is -0.501. The van der Waals surface area contributed by atoms with Gasteiger partial charge in [0.15, 0.2) is 0 Å². The van der Waals surface area contributed by atoms with E-state index in [0.29, 0.717) is 17.9 Å². The summed E-state index contributed by atoms with van der Waals surface area (Å²) < 4.78 is 10.2. The summed E-state index contributed by atoms with van der Waals surface area (Å²) in [6.07, 6.45) is 0.165. The molecule has 2 amide bonds. The lowest BCUT2D eigenvalue weighted by Gasteiger charge is -2.35. The third-order valence-electron chi connectivity index (χ3n) is 4.05. The van der Waals surface area contributed by atoms with Crippen molar-refractivity contribution < 1.29 is 23.9 Å². The smallest absolute Gasteiger partial charge is 0.325 e. The molecule has 0 spiro atoms. The first-order valence-corrected chi connectivity index (χ1v) is 7.88. The third kappa shape index (κ3) is 4.40. The lowest BCUT2D eigenvalue weighted by atomic mass is 10.1. The van der Waals surface area contributed by atoms with Crippen LogP contribution in [0.25, 0.3) is 0 Å². The Morgan fingerprint density at radius 3 is 2.72 bits per heavy atom. The summed E-state index contributed by atoms with van der Waals surface area (Å²) in [6.45, 7) is 0.181. The molecule has 0 bridgehead atoms. The highest BCUT2D eigenvalue weighted by Gasteiger charge is 2.28. The number of amides is 2. The van der Waals surface area contributed by atoms with E-state index in [0.717, 1.165) is 5.69 Å². The second-order valence-corrected chi connectivity index (χ2v) is 6.01. The zero-order chi connectivity index (χ0) is 18.6. The van der Waals surface area contributed by atoms with Gasteiger partial charge in [-0.3, -0.25) is 14.4 Å². The number of carbonyl (C=O) groups excluding carboxylic acids is 3. The van der Waals surface area contributed by atoms with E-state index in [1.807, 2.05) is 11.9 Å². The minimum Gasteiger partial charge on any atom is -0.489 e. The number of anilines is 1. The molecule has 1 aliphatic rings. The molecule has 0 radical (unpaired) electrons. The number of benzene rings is 1. The molecule has 136 valence electrons. The van der Waals surface area contributed by atoms with Crippen LogP contribution in [0.3, 0.4) is 0 Å². The van der Waals surface area contributed by atoms with E-state index in [-0.39, 0.29) is 30.8 Å². The van der Waals surface area contributed by atoms with Crippen LogP contribution < -0.4 is 15.0 Å². The maximum Gasteiger partial charge on any atom is 0.325 e.